The van der Waals surface area contributed by atoms with Crippen LogP contribution in [-0.2, 0) is 15.0 Å². The molecule has 0 spiro atoms. The topological polar surface area (TPSA) is 120 Å². The van der Waals surface area contributed by atoms with E-state index in [0.717, 1.165) is 5.56 Å². The van der Waals surface area contributed by atoms with E-state index in [4.69, 9.17) is 15.3 Å². The van der Waals surface area contributed by atoms with Crippen molar-refractivity contribution in [2.75, 3.05) is 19.7 Å². The molecule has 2 aromatic carbocycles. The number of nitrogens with zero attached hydrogens (tertiary/aromatic N) is 1. The molecular weight excluding hydrogens is 478 g/mol. The van der Waals surface area contributed by atoms with Gasteiger partial charge in [0.05, 0.1) is 11.0 Å². The predicted octanol–water partition coefficient (Wildman–Crippen LogP) is 3.20. The molecule has 3 N–H and O–H groups in total. The van der Waals surface area contributed by atoms with Crippen LogP contribution >= 0.6 is 15.9 Å². The molecule has 168 valence electrons. The number of carboxylic acids is 1. The van der Waals surface area contributed by atoms with Gasteiger partial charge in [-0.1, -0.05) is 46.3 Å². The van der Waals surface area contributed by atoms with E-state index in [1.165, 1.54) is 19.1 Å². The van der Waals surface area contributed by atoms with Crippen molar-refractivity contribution in [2.45, 2.75) is 25.2 Å². The van der Waals surface area contributed by atoms with Gasteiger partial charge in [0, 0.05) is 24.5 Å². The lowest BCUT2D eigenvalue weighted by atomic mass is 9.71. The monoisotopic (exact) mass is 501 g/mol. The number of nitrogens with one attached hydrogen (secondary N) is 2. The van der Waals surface area contributed by atoms with E-state index in [9.17, 15) is 14.4 Å². The largest absolute Gasteiger partial charge is 0.481 e. The van der Waals surface area contributed by atoms with Crippen LogP contribution < -0.4 is 10.1 Å². The van der Waals surface area contributed by atoms with Crippen LogP contribution in [0.5, 0.6) is 5.75 Å². The first-order valence-corrected chi connectivity index (χ1v) is 10.9. The summed E-state index contributed by atoms with van der Waals surface area (Å²) in [5, 5.41) is 20.4. The normalized spacial score (nSPS) is 15.0. The third-order valence-electron chi connectivity index (χ3n) is 5.64. The molecule has 32 heavy (non-hydrogen) atoms. The zero-order chi connectivity index (χ0) is 23.3. The number of carbonyl (C=O) groups excluding carboxylic acids is 2. The molecule has 0 atom stereocenters. The number of hydrogen-bond acceptors (Lipinski definition) is 5. The molecule has 0 unspecified atom stereocenters. The Morgan fingerprint density at radius 1 is 1.16 bits per heavy atom. The Kier molecular flexibility index (Phi) is 7.29. The van der Waals surface area contributed by atoms with Gasteiger partial charge in [-0.3, -0.25) is 15.0 Å². The molecule has 1 fully saturated rings. The van der Waals surface area contributed by atoms with Crippen molar-refractivity contribution >= 4 is 39.5 Å². The molecule has 8 nitrogen and oxygen atoms in total. The van der Waals surface area contributed by atoms with Crippen LogP contribution in [0.4, 0.5) is 0 Å². The minimum atomic E-state index is -1.16. The molecular formula is C23H24BrN3O5. The van der Waals surface area contributed by atoms with E-state index in [1.807, 2.05) is 30.3 Å². The van der Waals surface area contributed by atoms with Crippen LogP contribution in [0.15, 0.2) is 53.0 Å². The van der Waals surface area contributed by atoms with E-state index >= 15 is 0 Å². The summed E-state index contributed by atoms with van der Waals surface area (Å²) in [7, 11) is 0. The Labute approximate surface area is 194 Å². The number of halogens is 1. The van der Waals surface area contributed by atoms with E-state index in [2.05, 4.69) is 21.2 Å². The van der Waals surface area contributed by atoms with Crippen molar-refractivity contribution in [3.63, 3.8) is 0 Å². The fraction of sp³-hybridized carbons (Fsp3) is 0.304. The molecule has 1 saturated heterocycles. The number of rotatable bonds is 6. The third kappa shape index (κ3) is 5.16. The summed E-state index contributed by atoms with van der Waals surface area (Å²) in [4.78, 5) is 37.5. The lowest BCUT2D eigenvalue weighted by molar-refractivity contribution is -0.139. The van der Waals surface area contributed by atoms with Crippen molar-refractivity contribution in [1.29, 1.82) is 5.41 Å². The highest BCUT2D eigenvalue weighted by molar-refractivity contribution is 9.10. The highest BCUT2D eigenvalue weighted by Gasteiger charge is 2.41. The van der Waals surface area contributed by atoms with Crippen molar-refractivity contribution < 1.29 is 24.2 Å². The number of amides is 2. The van der Waals surface area contributed by atoms with Gasteiger partial charge in [0.2, 0.25) is 5.91 Å². The number of ether oxygens (including phenoxy) is 1. The second-order valence-corrected chi connectivity index (χ2v) is 8.52. The second kappa shape index (κ2) is 9.95. The SMILES string of the molecule is CC(=O)N1CCC(C(=N)NC(=O)c2cc(Br)ccc2OCC(=O)O)(c2ccccc2)CC1. The number of amidine groups is 1. The summed E-state index contributed by atoms with van der Waals surface area (Å²) in [6, 6.07) is 14.2. The summed E-state index contributed by atoms with van der Waals surface area (Å²) in [6.07, 6.45) is 0.993. The Morgan fingerprint density at radius 2 is 1.81 bits per heavy atom. The molecule has 0 aliphatic carbocycles. The molecule has 0 bridgehead atoms. The molecule has 9 heteroatoms. The molecule has 3 rings (SSSR count). The van der Waals surface area contributed by atoms with Crippen molar-refractivity contribution in [2.24, 2.45) is 0 Å². The summed E-state index contributed by atoms with van der Waals surface area (Å²) >= 11 is 3.31. The second-order valence-electron chi connectivity index (χ2n) is 7.61. The van der Waals surface area contributed by atoms with Gasteiger partial charge in [-0.25, -0.2) is 4.79 Å². The number of likely N-dealkylation sites (tertiary alicyclic amines) is 1. The molecule has 1 heterocycles. The quantitative estimate of drug-likeness (QED) is 0.414. The van der Waals surface area contributed by atoms with Crippen LogP contribution in [0.3, 0.4) is 0 Å². The zero-order valence-corrected chi connectivity index (χ0v) is 19.1. The zero-order valence-electron chi connectivity index (χ0n) is 17.6. The first-order chi connectivity index (χ1) is 15.2. The summed E-state index contributed by atoms with van der Waals surface area (Å²) in [5.74, 6) is -1.60. The standard InChI is InChI=1S/C23H24BrN3O5/c1-15(28)27-11-9-23(10-12-27,16-5-3-2-4-6-16)22(25)26-21(31)18-13-17(24)7-8-19(18)32-14-20(29)30/h2-8,13H,9-12,14H2,1H3,(H,29,30)(H2,25,26,31). The van der Waals surface area contributed by atoms with Gasteiger partial charge in [0.15, 0.2) is 6.61 Å². The fourth-order valence-electron chi connectivity index (χ4n) is 3.89. The molecule has 2 amide bonds. The van der Waals surface area contributed by atoms with E-state index in [0.29, 0.717) is 30.4 Å². The lowest BCUT2D eigenvalue weighted by Crippen LogP contribution is -2.53. The molecule has 1 aliphatic rings. The maximum Gasteiger partial charge on any atom is 0.341 e. The highest BCUT2D eigenvalue weighted by Crippen LogP contribution is 2.36. The van der Waals surface area contributed by atoms with Crippen molar-refractivity contribution in [3.8, 4) is 5.75 Å². The molecule has 1 aliphatic heterocycles. The average molecular weight is 502 g/mol. The molecule has 0 saturated carbocycles. The first-order valence-electron chi connectivity index (χ1n) is 10.1. The number of hydrogen-bond donors (Lipinski definition) is 3. The lowest BCUT2D eigenvalue weighted by Gasteiger charge is -2.42. The number of carboxylic acid groups (broad SMARTS) is 1. The van der Waals surface area contributed by atoms with Gasteiger partial charge in [-0.05, 0) is 36.6 Å². The Bertz CT molecular complexity index is 1030. The van der Waals surface area contributed by atoms with Crippen LogP contribution in [0, 0.1) is 5.41 Å². The third-order valence-corrected chi connectivity index (χ3v) is 6.14. The minimum absolute atomic E-state index is 0.0171. The van der Waals surface area contributed by atoms with Crippen molar-refractivity contribution in [1.82, 2.24) is 10.2 Å². The van der Waals surface area contributed by atoms with Crippen LogP contribution in [0.2, 0.25) is 0 Å². The number of benzene rings is 2. The minimum Gasteiger partial charge on any atom is -0.481 e. The summed E-state index contributed by atoms with van der Waals surface area (Å²) < 4.78 is 5.87. The maximum absolute atomic E-state index is 13.1. The van der Waals surface area contributed by atoms with Gasteiger partial charge >= 0.3 is 5.97 Å². The number of aliphatic carboxylic acids is 1. The van der Waals surface area contributed by atoms with Crippen molar-refractivity contribution in [3.05, 3.63) is 64.1 Å². The van der Waals surface area contributed by atoms with Gasteiger partial charge in [-0.2, -0.15) is 0 Å². The first kappa shape index (κ1) is 23.5. The smallest absolute Gasteiger partial charge is 0.341 e. The van der Waals surface area contributed by atoms with Gasteiger partial charge in [0.25, 0.3) is 5.91 Å². The van der Waals surface area contributed by atoms with Crippen LogP contribution in [0.1, 0.15) is 35.7 Å². The van der Waals surface area contributed by atoms with Gasteiger partial charge in [0.1, 0.15) is 11.6 Å². The molecule has 2 aromatic rings. The fourth-order valence-corrected chi connectivity index (χ4v) is 4.25. The Balaban J connectivity index is 1.88. The Morgan fingerprint density at radius 3 is 2.41 bits per heavy atom. The Hall–Kier alpha value is -3.20. The summed E-state index contributed by atoms with van der Waals surface area (Å²) in [5.41, 5.74) is 0.261. The highest BCUT2D eigenvalue weighted by atomic mass is 79.9. The number of piperidine rings is 1. The molecule has 0 aromatic heterocycles. The summed E-state index contributed by atoms with van der Waals surface area (Å²) in [6.45, 7) is 1.89. The maximum atomic E-state index is 13.1. The van der Waals surface area contributed by atoms with E-state index in [-0.39, 0.29) is 23.1 Å². The molecule has 0 radical (unpaired) electrons. The predicted molar refractivity (Wildman–Crippen MR) is 122 cm³/mol. The van der Waals surface area contributed by atoms with Gasteiger partial charge in [-0.15, -0.1) is 0 Å². The average Bonchev–Trinajstić information content (AvgIpc) is 2.78. The van der Waals surface area contributed by atoms with Crippen LogP contribution in [0.25, 0.3) is 0 Å². The van der Waals surface area contributed by atoms with E-state index in [1.54, 1.807) is 11.0 Å². The number of carbonyl (C=O) groups is 3. The van der Waals surface area contributed by atoms with E-state index < -0.39 is 23.9 Å². The van der Waals surface area contributed by atoms with Crippen LogP contribution in [-0.4, -0.2) is 53.3 Å². The van der Waals surface area contributed by atoms with Gasteiger partial charge < -0.3 is 20.1 Å².